The normalized spacial score (nSPS) is 30.9. The van der Waals surface area contributed by atoms with Crippen LogP contribution in [0.15, 0.2) is 0 Å². The zero-order valence-corrected chi connectivity index (χ0v) is 7.89. The van der Waals surface area contributed by atoms with Gasteiger partial charge in [-0.15, -0.1) is 0 Å². The Morgan fingerprint density at radius 1 is 1.45 bits per heavy atom. The van der Waals surface area contributed by atoms with E-state index in [-0.39, 0.29) is 6.04 Å². The second kappa shape index (κ2) is 3.11. The second-order valence-corrected chi connectivity index (χ2v) is 4.91. The molecule has 0 amide bonds. The Kier molecular flexibility index (Phi) is 2.54. The Morgan fingerprint density at radius 3 is 2.45 bits per heavy atom. The van der Waals surface area contributed by atoms with Crippen LogP contribution in [-0.2, 0) is 10.0 Å². The maximum atomic E-state index is 11.3. The highest BCUT2D eigenvalue weighted by Gasteiger charge is 2.34. The summed E-state index contributed by atoms with van der Waals surface area (Å²) in [6.07, 6.45) is 1.75. The molecule has 1 heterocycles. The highest BCUT2D eigenvalue weighted by Crippen LogP contribution is 2.22. The molecule has 1 fully saturated rings. The minimum absolute atomic E-state index is 0.269. The summed E-state index contributed by atoms with van der Waals surface area (Å²) in [4.78, 5) is 0. The van der Waals surface area contributed by atoms with Crippen LogP contribution >= 0.6 is 0 Å². The van der Waals surface area contributed by atoms with Crippen LogP contribution in [0.1, 0.15) is 26.7 Å². The summed E-state index contributed by atoms with van der Waals surface area (Å²) in [6, 6.07) is 0.269. The van der Waals surface area contributed by atoms with Gasteiger partial charge in [-0.3, -0.25) is 0 Å². The van der Waals surface area contributed by atoms with Crippen molar-refractivity contribution in [1.82, 2.24) is 4.31 Å². The molecule has 1 rings (SSSR count). The van der Waals surface area contributed by atoms with Gasteiger partial charge in [0.2, 0.25) is 10.0 Å². The van der Waals surface area contributed by atoms with Crippen LogP contribution in [0, 0.1) is 0 Å². The summed E-state index contributed by atoms with van der Waals surface area (Å²) in [7, 11) is -2.87. The van der Waals surface area contributed by atoms with E-state index in [0.717, 1.165) is 12.8 Å². The summed E-state index contributed by atoms with van der Waals surface area (Å²) in [5, 5.41) is 0. The topological polar surface area (TPSA) is 37.4 Å². The van der Waals surface area contributed by atoms with Gasteiger partial charge in [-0.05, 0) is 12.8 Å². The Labute approximate surface area is 68.4 Å². The van der Waals surface area contributed by atoms with E-state index in [1.54, 1.807) is 4.31 Å². The zero-order chi connectivity index (χ0) is 8.48. The first-order valence-corrected chi connectivity index (χ1v) is 5.72. The minimum atomic E-state index is -2.87. The monoisotopic (exact) mass is 177 g/mol. The molecule has 3 nitrogen and oxygen atoms in total. The number of sulfonamides is 1. The van der Waals surface area contributed by atoms with E-state index in [2.05, 4.69) is 0 Å². The van der Waals surface area contributed by atoms with E-state index in [0.29, 0.717) is 12.3 Å². The number of nitrogens with zero attached hydrogens (tertiary/aromatic N) is 1. The van der Waals surface area contributed by atoms with Crippen molar-refractivity contribution < 1.29 is 8.42 Å². The van der Waals surface area contributed by atoms with Gasteiger partial charge in [0.1, 0.15) is 0 Å². The smallest absolute Gasteiger partial charge is 0.212 e. The quantitative estimate of drug-likeness (QED) is 0.626. The van der Waals surface area contributed by atoms with Gasteiger partial charge in [-0.25, -0.2) is 8.42 Å². The van der Waals surface area contributed by atoms with E-state index in [9.17, 15) is 8.42 Å². The molecule has 11 heavy (non-hydrogen) atoms. The lowest BCUT2D eigenvalue weighted by Crippen LogP contribution is -2.32. The lowest BCUT2D eigenvalue weighted by Gasteiger charge is -2.19. The molecule has 1 atom stereocenters. The molecule has 4 heteroatoms. The molecule has 0 aromatic heterocycles. The van der Waals surface area contributed by atoms with Gasteiger partial charge in [0.05, 0.1) is 5.75 Å². The summed E-state index contributed by atoms with van der Waals surface area (Å²) in [5.74, 6) is 0.347. The number of rotatable bonds is 2. The first-order valence-electron chi connectivity index (χ1n) is 4.11. The first-order chi connectivity index (χ1) is 5.11. The summed E-state index contributed by atoms with van der Waals surface area (Å²) < 4.78 is 24.2. The van der Waals surface area contributed by atoms with Crippen LogP contribution in [0.25, 0.3) is 0 Å². The van der Waals surface area contributed by atoms with Gasteiger partial charge < -0.3 is 0 Å². The summed E-state index contributed by atoms with van der Waals surface area (Å²) in [5.41, 5.74) is 0. The first kappa shape index (κ1) is 9.00. The predicted molar refractivity (Wildman–Crippen MR) is 44.9 cm³/mol. The summed E-state index contributed by atoms with van der Waals surface area (Å²) >= 11 is 0. The van der Waals surface area contributed by atoms with Crippen LogP contribution in [0.3, 0.4) is 0 Å². The van der Waals surface area contributed by atoms with Gasteiger partial charge in [0.25, 0.3) is 0 Å². The predicted octanol–water partition coefficient (Wildman–Crippen LogP) is 0.820. The zero-order valence-electron chi connectivity index (χ0n) is 7.08. The molecule has 1 unspecified atom stereocenters. The Morgan fingerprint density at radius 2 is 2.09 bits per heavy atom. The molecule has 0 radical (unpaired) electrons. The van der Waals surface area contributed by atoms with Crippen molar-refractivity contribution in [2.75, 3.05) is 12.3 Å². The molecule has 0 N–H and O–H groups in total. The lowest BCUT2D eigenvalue weighted by molar-refractivity contribution is 0.348. The standard InChI is InChI=1S/C7H15NO2S/c1-3-7-5-6-11(9,10)8(7)4-2/h7H,3-6H2,1-2H3. The molecule has 1 saturated heterocycles. The fourth-order valence-corrected chi connectivity index (χ4v) is 3.54. The molecule has 0 spiro atoms. The molecule has 0 aromatic rings. The average molecular weight is 177 g/mol. The van der Waals surface area contributed by atoms with E-state index < -0.39 is 10.0 Å². The van der Waals surface area contributed by atoms with Gasteiger partial charge in [-0.1, -0.05) is 13.8 Å². The molecular formula is C7H15NO2S. The molecule has 0 aromatic carbocycles. The molecular weight excluding hydrogens is 162 g/mol. The molecule has 0 saturated carbocycles. The third kappa shape index (κ3) is 1.56. The van der Waals surface area contributed by atoms with Crippen LogP contribution in [-0.4, -0.2) is 31.1 Å². The van der Waals surface area contributed by atoms with Gasteiger partial charge in [0.15, 0.2) is 0 Å². The van der Waals surface area contributed by atoms with E-state index in [4.69, 9.17) is 0 Å². The molecule has 1 aliphatic heterocycles. The van der Waals surface area contributed by atoms with Crippen LogP contribution in [0.4, 0.5) is 0 Å². The van der Waals surface area contributed by atoms with E-state index >= 15 is 0 Å². The highest BCUT2D eigenvalue weighted by molar-refractivity contribution is 7.89. The minimum Gasteiger partial charge on any atom is -0.212 e. The van der Waals surface area contributed by atoms with Crippen molar-refractivity contribution in [3.8, 4) is 0 Å². The van der Waals surface area contributed by atoms with Crippen molar-refractivity contribution in [2.24, 2.45) is 0 Å². The summed E-state index contributed by atoms with van der Waals surface area (Å²) in [6.45, 7) is 4.56. The van der Waals surface area contributed by atoms with Crippen molar-refractivity contribution in [2.45, 2.75) is 32.7 Å². The molecule has 66 valence electrons. The molecule has 0 bridgehead atoms. The van der Waals surface area contributed by atoms with Crippen LogP contribution in [0.2, 0.25) is 0 Å². The SMILES string of the molecule is CCC1CCS(=O)(=O)N1CC. The van der Waals surface area contributed by atoms with Crippen molar-refractivity contribution in [1.29, 1.82) is 0 Å². The maximum Gasteiger partial charge on any atom is 0.214 e. The largest absolute Gasteiger partial charge is 0.214 e. The lowest BCUT2D eigenvalue weighted by atomic mass is 10.2. The Bertz CT molecular complexity index is 223. The fourth-order valence-electron chi connectivity index (χ4n) is 1.64. The van der Waals surface area contributed by atoms with Crippen molar-refractivity contribution >= 4 is 10.0 Å². The van der Waals surface area contributed by atoms with E-state index in [1.165, 1.54) is 0 Å². The van der Waals surface area contributed by atoms with Crippen LogP contribution < -0.4 is 0 Å². The van der Waals surface area contributed by atoms with Gasteiger partial charge in [-0.2, -0.15) is 4.31 Å². The Hall–Kier alpha value is -0.0900. The second-order valence-electron chi connectivity index (χ2n) is 2.87. The third-order valence-corrected chi connectivity index (χ3v) is 4.28. The number of hydrogen-bond donors (Lipinski definition) is 0. The van der Waals surface area contributed by atoms with Gasteiger partial charge in [0, 0.05) is 12.6 Å². The third-order valence-electron chi connectivity index (χ3n) is 2.26. The molecule has 0 aliphatic carbocycles. The fraction of sp³-hybridized carbons (Fsp3) is 1.00. The maximum absolute atomic E-state index is 11.3. The number of hydrogen-bond acceptors (Lipinski definition) is 2. The van der Waals surface area contributed by atoms with E-state index in [1.807, 2.05) is 13.8 Å². The average Bonchev–Trinajstić information content (AvgIpc) is 2.24. The van der Waals surface area contributed by atoms with Gasteiger partial charge >= 0.3 is 0 Å². The van der Waals surface area contributed by atoms with Crippen molar-refractivity contribution in [3.05, 3.63) is 0 Å². The highest BCUT2D eigenvalue weighted by atomic mass is 32.2. The van der Waals surface area contributed by atoms with Crippen molar-refractivity contribution in [3.63, 3.8) is 0 Å². The Balaban J connectivity index is 2.80. The van der Waals surface area contributed by atoms with Crippen LogP contribution in [0.5, 0.6) is 0 Å². The molecule has 1 aliphatic rings.